The first-order valence-electron chi connectivity index (χ1n) is 3.16. The lowest BCUT2D eigenvalue weighted by molar-refractivity contribution is 0.563. The lowest BCUT2D eigenvalue weighted by Gasteiger charge is -1.83. The van der Waals surface area contributed by atoms with Gasteiger partial charge in [0.2, 0.25) is 6.08 Å². The fraction of sp³-hybridized carbons (Fsp3) is 0.571. The average molecular weight is 204 g/mol. The van der Waals surface area contributed by atoms with Crippen molar-refractivity contribution in [2.75, 3.05) is 11.9 Å². The molecule has 0 atom stereocenters. The number of isocyanates is 1. The zero-order valence-electron chi connectivity index (χ0n) is 5.72. The highest BCUT2D eigenvalue weighted by atomic mass is 79.9. The lowest BCUT2D eigenvalue weighted by atomic mass is 10.3. The van der Waals surface area contributed by atoms with Crippen molar-refractivity contribution in [2.24, 2.45) is 4.99 Å². The minimum atomic E-state index is 0.558. The highest BCUT2D eigenvalue weighted by molar-refractivity contribution is 9.09. The molecule has 0 fully saturated rings. The molecule has 0 aliphatic heterocycles. The Labute approximate surface area is 69.2 Å². The van der Waals surface area contributed by atoms with E-state index in [2.05, 4.69) is 27.0 Å². The molecule has 2 nitrogen and oxygen atoms in total. The van der Waals surface area contributed by atoms with E-state index >= 15 is 0 Å². The molecule has 0 unspecified atom stereocenters. The largest absolute Gasteiger partial charge is 0.234 e. The number of aliphatic imine (C=N–C) groups is 1. The predicted molar refractivity (Wildman–Crippen MR) is 45.2 cm³/mol. The van der Waals surface area contributed by atoms with Gasteiger partial charge in [-0.05, 0) is 12.8 Å². The monoisotopic (exact) mass is 203 g/mol. The quantitative estimate of drug-likeness (QED) is 0.221. The van der Waals surface area contributed by atoms with E-state index in [1.165, 1.54) is 6.08 Å². The van der Waals surface area contributed by atoms with Crippen LogP contribution in [0.5, 0.6) is 0 Å². The van der Waals surface area contributed by atoms with Crippen LogP contribution in [0.3, 0.4) is 0 Å². The molecular weight excluding hydrogens is 194 g/mol. The topological polar surface area (TPSA) is 29.4 Å². The van der Waals surface area contributed by atoms with Gasteiger partial charge in [0.15, 0.2) is 0 Å². The van der Waals surface area contributed by atoms with E-state index in [9.17, 15) is 4.79 Å². The second-order valence-corrected chi connectivity index (χ2v) is 2.50. The second-order valence-electron chi connectivity index (χ2n) is 1.71. The third-order valence-electron chi connectivity index (χ3n) is 0.915. The smallest absolute Gasteiger partial charge is 0.211 e. The van der Waals surface area contributed by atoms with E-state index in [1.54, 1.807) is 0 Å². The summed E-state index contributed by atoms with van der Waals surface area (Å²) in [6, 6.07) is 0. The average Bonchev–Trinajstić information content (AvgIpc) is 1.97. The first-order chi connectivity index (χ1) is 4.91. The van der Waals surface area contributed by atoms with Gasteiger partial charge in [0.1, 0.15) is 0 Å². The Bertz CT molecular complexity index is 139. The molecule has 0 saturated heterocycles. The third kappa shape index (κ3) is 7.60. The number of rotatable bonds is 5. The molecule has 0 N–H and O–H groups in total. The Morgan fingerprint density at radius 1 is 1.40 bits per heavy atom. The molecule has 0 radical (unpaired) electrons. The normalized spacial score (nSPS) is 9.70. The van der Waals surface area contributed by atoms with Crippen molar-refractivity contribution in [3.63, 3.8) is 0 Å². The molecule has 0 rings (SSSR count). The maximum Gasteiger partial charge on any atom is 0.234 e. The Morgan fingerprint density at radius 2 is 2.10 bits per heavy atom. The summed E-state index contributed by atoms with van der Waals surface area (Å²) in [4.78, 5) is 13.0. The van der Waals surface area contributed by atoms with Gasteiger partial charge in [-0.25, -0.2) is 9.79 Å². The Kier molecular flexibility index (Phi) is 8.26. The van der Waals surface area contributed by atoms with Crippen molar-refractivity contribution in [3.05, 3.63) is 12.2 Å². The van der Waals surface area contributed by atoms with Crippen LogP contribution in [0.15, 0.2) is 17.1 Å². The van der Waals surface area contributed by atoms with E-state index in [0.717, 1.165) is 18.2 Å². The molecule has 3 heteroatoms. The number of hydrogen-bond acceptors (Lipinski definition) is 2. The number of nitrogens with zero attached hydrogens (tertiary/aromatic N) is 1. The molecule has 0 aliphatic carbocycles. The third-order valence-corrected chi connectivity index (χ3v) is 1.37. The first-order valence-corrected chi connectivity index (χ1v) is 4.28. The van der Waals surface area contributed by atoms with Gasteiger partial charge in [-0.2, -0.15) is 0 Å². The minimum absolute atomic E-state index is 0.558. The van der Waals surface area contributed by atoms with Crippen LogP contribution in [0.2, 0.25) is 0 Å². The molecule has 0 spiro atoms. The summed E-state index contributed by atoms with van der Waals surface area (Å²) in [5, 5.41) is 0.987. The highest BCUT2D eigenvalue weighted by Crippen LogP contribution is 1.91. The summed E-state index contributed by atoms with van der Waals surface area (Å²) in [6.45, 7) is 0.558. The van der Waals surface area contributed by atoms with Gasteiger partial charge < -0.3 is 0 Å². The van der Waals surface area contributed by atoms with Gasteiger partial charge in [0.05, 0.1) is 6.54 Å². The van der Waals surface area contributed by atoms with Gasteiger partial charge in [-0.1, -0.05) is 28.1 Å². The van der Waals surface area contributed by atoms with Gasteiger partial charge in [-0.15, -0.1) is 0 Å². The standard InChI is InChI=1S/C7H10BrNO/c8-5-3-1-2-4-6-9-7-10/h1-2H,3-6H2. The van der Waals surface area contributed by atoms with Crippen molar-refractivity contribution >= 4 is 22.0 Å². The molecule has 0 saturated carbocycles. The van der Waals surface area contributed by atoms with E-state index < -0.39 is 0 Å². The maximum atomic E-state index is 9.57. The fourth-order valence-corrected chi connectivity index (χ4v) is 0.748. The van der Waals surface area contributed by atoms with E-state index in [0.29, 0.717) is 6.54 Å². The summed E-state index contributed by atoms with van der Waals surface area (Å²) >= 11 is 3.30. The van der Waals surface area contributed by atoms with Crippen molar-refractivity contribution in [1.82, 2.24) is 0 Å². The number of halogens is 1. The van der Waals surface area contributed by atoms with E-state index in [1.807, 2.05) is 6.08 Å². The van der Waals surface area contributed by atoms with Crippen LogP contribution in [0.1, 0.15) is 12.8 Å². The molecular formula is C7H10BrNO. The van der Waals surface area contributed by atoms with Crippen molar-refractivity contribution in [2.45, 2.75) is 12.8 Å². The number of allylic oxidation sites excluding steroid dienone is 1. The lowest BCUT2D eigenvalue weighted by Crippen LogP contribution is -1.74. The highest BCUT2D eigenvalue weighted by Gasteiger charge is 1.76. The van der Waals surface area contributed by atoms with Crippen LogP contribution in [-0.2, 0) is 4.79 Å². The van der Waals surface area contributed by atoms with Gasteiger partial charge >= 0.3 is 0 Å². The van der Waals surface area contributed by atoms with E-state index in [-0.39, 0.29) is 0 Å². The molecule has 0 aliphatic rings. The summed E-state index contributed by atoms with van der Waals surface area (Å²) < 4.78 is 0. The van der Waals surface area contributed by atoms with Crippen molar-refractivity contribution in [3.8, 4) is 0 Å². The number of carbonyl (C=O) groups excluding carboxylic acids is 1. The minimum Gasteiger partial charge on any atom is -0.211 e. The molecule has 0 amide bonds. The zero-order valence-corrected chi connectivity index (χ0v) is 7.30. The summed E-state index contributed by atoms with van der Waals surface area (Å²) in [5.74, 6) is 0. The van der Waals surface area contributed by atoms with Crippen LogP contribution in [-0.4, -0.2) is 18.0 Å². The fourth-order valence-electron chi connectivity index (χ4n) is 0.483. The Balaban J connectivity index is 3.09. The first kappa shape index (κ1) is 9.60. The second kappa shape index (κ2) is 8.60. The Hall–Kier alpha value is -0.400. The molecule has 0 bridgehead atoms. The molecule has 0 aromatic heterocycles. The number of hydrogen-bond donors (Lipinski definition) is 0. The van der Waals surface area contributed by atoms with Crippen LogP contribution < -0.4 is 0 Å². The summed E-state index contributed by atoms with van der Waals surface area (Å²) in [5.41, 5.74) is 0. The summed E-state index contributed by atoms with van der Waals surface area (Å²) in [7, 11) is 0. The van der Waals surface area contributed by atoms with Crippen LogP contribution in [0.4, 0.5) is 0 Å². The SMILES string of the molecule is O=C=NCCC=CCCBr. The number of alkyl halides is 1. The molecule has 10 heavy (non-hydrogen) atoms. The predicted octanol–water partition coefficient (Wildman–Crippen LogP) is 2.05. The van der Waals surface area contributed by atoms with Gasteiger partial charge in [0, 0.05) is 5.33 Å². The Morgan fingerprint density at radius 3 is 2.70 bits per heavy atom. The van der Waals surface area contributed by atoms with Crippen molar-refractivity contribution in [1.29, 1.82) is 0 Å². The van der Waals surface area contributed by atoms with Crippen LogP contribution in [0, 0.1) is 0 Å². The van der Waals surface area contributed by atoms with Crippen LogP contribution >= 0.6 is 15.9 Å². The molecule has 0 aromatic rings. The molecule has 56 valence electrons. The van der Waals surface area contributed by atoms with Crippen LogP contribution in [0.25, 0.3) is 0 Å². The van der Waals surface area contributed by atoms with Gasteiger partial charge in [-0.3, -0.25) is 0 Å². The molecule has 0 heterocycles. The zero-order chi connectivity index (χ0) is 7.66. The summed E-state index contributed by atoms with van der Waals surface area (Å²) in [6.07, 6.45) is 7.44. The van der Waals surface area contributed by atoms with Crippen molar-refractivity contribution < 1.29 is 4.79 Å². The molecule has 0 aromatic carbocycles. The van der Waals surface area contributed by atoms with Gasteiger partial charge in [0.25, 0.3) is 0 Å². The maximum absolute atomic E-state index is 9.57. The van der Waals surface area contributed by atoms with E-state index in [4.69, 9.17) is 0 Å².